The number of hydrogen-bond donors (Lipinski definition) is 2. The number of hydrogen-bond acceptors (Lipinski definition) is 6. The Labute approximate surface area is 183 Å². The van der Waals surface area contributed by atoms with Crippen molar-refractivity contribution in [2.45, 2.75) is 17.9 Å². The molecule has 0 radical (unpaired) electrons. The molecule has 0 fully saturated rings. The highest BCUT2D eigenvalue weighted by molar-refractivity contribution is 7.92. The number of halogens is 2. The first-order chi connectivity index (χ1) is 14.2. The summed E-state index contributed by atoms with van der Waals surface area (Å²) in [4.78, 5) is 20.0. The van der Waals surface area contributed by atoms with Gasteiger partial charge in [0.15, 0.2) is 6.10 Å². The summed E-state index contributed by atoms with van der Waals surface area (Å²) < 4.78 is 32.6. The molecule has 1 atom stereocenters. The van der Waals surface area contributed by atoms with Crippen LogP contribution in [0.5, 0.6) is 5.75 Å². The molecule has 2 N–H and O–H groups in total. The predicted octanol–water partition coefficient (Wildman–Crippen LogP) is 3.99. The van der Waals surface area contributed by atoms with E-state index in [1.54, 1.807) is 25.1 Å². The quantitative estimate of drug-likeness (QED) is 0.544. The van der Waals surface area contributed by atoms with E-state index in [0.717, 1.165) is 0 Å². The fraction of sp³-hybridized carbons (Fsp3) is 0.105. The molecule has 0 aliphatic heterocycles. The second kappa shape index (κ2) is 9.29. The van der Waals surface area contributed by atoms with E-state index in [1.807, 2.05) is 0 Å². The van der Waals surface area contributed by atoms with Crippen LogP contribution in [0, 0.1) is 0 Å². The molecule has 0 saturated heterocycles. The molecule has 30 heavy (non-hydrogen) atoms. The topological polar surface area (TPSA) is 110 Å². The van der Waals surface area contributed by atoms with Gasteiger partial charge < -0.3 is 10.1 Å². The smallest absolute Gasteiger partial charge is 0.265 e. The second-order valence-corrected chi connectivity index (χ2v) is 8.55. The molecule has 3 aromatic rings. The Morgan fingerprint density at radius 1 is 1.07 bits per heavy atom. The average molecular weight is 467 g/mol. The number of anilines is 2. The van der Waals surface area contributed by atoms with Crippen LogP contribution in [0.15, 0.2) is 65.8 Å². The summed E-state index contributed by atoms with van der Waals surface area (Å²) in [5.74, 6) is -0.159. The number of aromatic nitrogens is 2. The van der Waals surface area contributed by atoms with Crippen LogP contribution >= 0.6 is 23.2 Å². The third kappa shape index (κ3) is 5.59. The maximum atomic E-state index is 12.4. The van der Waals surface area contributed by atoms with Crippen molar-refractivity contribution in [2.24, 2.45) is 0 Å². The molecule has 0 spiro atoms. The predicted molar refractivity (Wildman–Crippen MR) is 114 cm³/mol. The lowest BCUT2D eigenvalue weighted by Gasteiger charge is -2.16. The van der Waals surface area contributed by atoms with Crippen molar-refractivity contribution >= 4 is 50.8 Å². The number of benzene rings is 2. The molecule has 8 nitrogen and oxygen atoms in total. The molecule has 2 aromatic carbocycles. The van der Waals surface area contributed by atoms with E-state index in [2.05, 4.69) is 20.0 Å². The van der Waals surface area contributed by atoms with Gasteiger partial charge >= 0.3 is 0 Å². The first kappa shape index (κ1) is 21.8. The molecule has 156 valence electrons. The molecular weight excluding hydrogens is 451 g/mol. The van der Waals surface area contributed by atoms with Gasteiger partial charge in [0.25, 0.3) is 15.9 Å². The Morgan fingerprint density at radius 3 is 2.37 bits per heavy atom. The van der Waals surface area contributed by atoms with E-state index < -0.39 is 22.0 Å². The van der Waals surface area contributed by atoms with Crippen molar-refractivity contribution in [3.05, 3.63) is 71.0 Å². The number of nitrogens with zero attached hydrogens (tertiary/aromatic N) is 2. The van der Waals surface area contributed by atoms with Crippen LogP contribution in [-0.4, -0.2) is 30.4 Å². The standard InChI is InChI=1S/C19H16Cl2N4O4S/c1-12(29-17-8-3-13(20)11-16(17)21)18(26)24-14-4-6-15(7-5-14)30(27,28)25-19-22-9-2-10-23-19/h2-12H,1H3,(H,24,26)(H,22,23,25)/t12-/m1/s1. The molecule has 1 heterocycles. The Kier molecular flexibility index (Phi) is 6.76. The van der Waals surface area contributed by atoms with Gasteiger partial charge in [-0.25, -0.2) is 23.1 Å². The number of ether oxygens (including phenoxy) is 1. The Morgan fingerprint density at radius 2 is 1.73 bits per heavy atom. The van der Waals surface area contributed by atoms with E-state index in [4.69, 9.17) is 27.9 Å². The van der Waals surface area contributed by atoms with Gasteiger partial charge in [-0.3, -0.25) is 4.79 Å². The zero-order valence-corrected chi connectivity index (χ0v) is 17.9. The number of nitrogens with one attached hydrogen (secondary N) is 2. The Balaban J connectivity index is 1.64. The SMILES string of the molecule is C[C@@H](Oc1ccc(Cl)cc1Cl)C(=O)Nc1ccc(S(=O)(=O)Nc2ncccn2)cc1. The van der Waals surface area contributed by atoms with Gasteiger partial charge in [0.1, 0.15) is 5.75 Å². The van der Waals surface area contributed by atoms with Crippen molar-refractivity contribution in [3.8, 4) is 5.75 Å². The van der Waals surface area contributed by atoms with Crippen LogP contribution in [-0.2, 0) is 14.8 Å². The molecule has 1 aromatic heterocycles. The van der Waals surface area contributed by atoms with Crippen LogP contribution in [0.25, 0.3) is 0 Å². The third-order valence-corrected chi connectivity index (χ3v) is 5.67. The molecule has 0 saturated carbocycles. The summed E-state index contributed by atoms with van der Waals surface area (Å²) >= 11 is 11.9. The maximum Gasteiger partial charge on any atom is 0.265 e. The van der Waals surface area contributed by atoms with Crippen molar-refractivity contribution in [1.29, 1.82) is 0 Å². The monoisotopic (exact) mass is 466 g/mol. The highest BCUT2D eigenvalue weighted by Gasteiger charge is 2.18. The fourth-order valence-electron chi connectivity index (χ4n) is 2.31. The first-order valence-electron chi connectivity index (χ1n) is 8.57. The Hall–Kier alpha value is -2.88. The van der Waals surface area contributed by atoms with Gasteiger partial charge in [0.2, 0.25) is 5.95 Å². The molecule has 0 aliphatic rings. The van der Waals surface area contributed by atoms with Crippen LogP contribution in [0.1, 0.15) is 6.92 Å². The minimum atomic E-state index is -3.86. The van der Waals surface area contributed by atoms with Crippen molar-refractivity contribution in [3.63, 3.8) is 0 Å². The van der Waals surface area contributed by atoms with Crippen LogP contribution < -0.4 is 14.8 Å². The number of carbonyl (C=O) groups excluding carboxylic acids is 1. The summed E-state index contributed by atoms with van der Waals surface area (Å²) in [6.45, 7) is 1.56. The minimum absolute atomic E-state index is 0.00908. The molecule has 0 bridgehead atoms. The summed E-state index contributed by atoms with van der Waals surface area (Å²) in [5, 5.41) is 3.38. The van der Waals surface area contributed by atoms with Gasteiger partial charge in [-0.05, 0) is 55.5 Å². The van der Waals surface area contributed by atoms with Crippen molar-refractivity contribution in [1.82, 2.24) is 9.97 Å². The van der Waals surface area contributed by atoms with Gasteiger partial charge in [-0.15, -0.1) is 0 Å². The van der Waals surface area contributed by atoms with Gasteiger partial charge in [-0.2, -0.15) is 0 Å². The normalized spacial score (nSPS) is 12.1. The van der Waals surface area contributed by atoms with E-state index in [0.29, 0.717) is 16.5 Å². The van der Waals surface area contributed by atoms with Gasteiger partial charge in [0.05, 0.1) is 9.92 Å². The van der Waals surface area contributed by atoms with Crippen molar-refractivity contribution < 1.29 is 17.9 Å². The summed E-state index contributed by atoms with van der Waals surface area (Å²) in [6.07, 6.45) is 1.98. The summed E-state index contributed by atoms with van der Waals surface area (Å²) in [5.41, 5.74) is 0.396. The molecule has 0 unspecified atom stereocenters. The zero-order chi connectivity index (χ0) is 21.7. The highest BCUT2D eigenvalue weighted by Crippen LogP contribution is 2.28. The summed E-state index contributed by atoms with van der Waals surface area (Å²) in [6, 6.07) is 11.9. The zero-order valence-electron chi connectivity index (χ0n) is 15.5. The number of amides is 1. The van der Waals surface area contributed by atoms with E-state index in [1.165, 1.54) is 42.7 Å². The van der Waals surface area contributed by atoms with Crippen LogP contribution in [0.3, 0.4) is 0 Å². The molecular formula is C19H16Cl2N4O4S. The fourth-order valence-corrected chi connectivity index (χ4v) is 3.72. The lowest BCUT2D eigenvalue weighted by atomic mass is 10.3. The molecule has 0 aliphatic carbocycles. The number of rotatable bonds is 7. The molecule has 11 heteroatoms. The number of carbonyl (C=O) groups is 1. The van der Waals surface area contributed by atoms with Crippen LogP contribution in [0.4, 0.5) is 11.6 Å². The van der Waals surface area contributed by atoms with Gasteiger partial charge in [-0.1, -0.05) is 23.2 Å². The van der Waals surface area contributed by atoms with E-state index >= 15 is 0 Å². The Bertz CT molecular complexity index is 1140. The average Bonchev–Trinajstić information content (AvgIpc) is 2.71. The number of sulfonamides is 1. The largest absolute Gasteiger partial charge is 0.479 e. The maximum absolute atomic E-state index is 12.4. The second-order valence-electron chi connectivity index (χ2n) is 6.03. The van der Waals surface area contributed by atoms with Crippen molar-refractivity contribution in [2.75, 3.05) is 10.0 Å². The first-order valence-corrected chi connectivity index (χ1v) is 10.8. The van der Waals surface area contributed by atoms with Gasteiger partial charge in [0, 0.05) is 23.1 Å². The van der Waals surface area contributed by atoms with E-state index in [-0.39, 0.29) is 15.9 Å². The minimum Gasteiger partial charge on any atom is -0.479 e. The lowest BCUT2D eigenvalue weighted by molar-refractivity contribution is -0.122. The lowest BCUT2D eigenvalue weighted by Crippen LogP contribution is -2.30. The summed E-state index contributed by atoms with van der Waals surface area (Å²) in [7, 11) is -3.86. The molecule has 1 amide bonds. The highest BCUT2D eigenvalue weighted by atomic mass is 35.5. The molecule has 3 rings (SSSR count). The third-order valence-electron chi connectivity index (χ3n) is 3.79. The van der Waals surface area contributed by atoms with E-state index in [9.17, 15) is 13.2 Å². The van der Waals surface area contributed by atoms with Crippen LogP contribution in [0.2, 0.25) is 10.0 Å².